The maximum Gasteiger partial charge on any atom is 0.321 e. The Morgan fingerprint density at radius 2 is 2.00 bits per heavy atom. The molecule has 0 fully saturated rings. The largest absolute Gasteiger partial charge is 0.495 e. The predicted molar refractivity (Wildman–Crippen MR) is 82.0 cm³/mol. The third kappa shape index (κ3) is 3.62. The third-order valence-electron chi connectivity index (χ3n) is 2.29. The van der Waals surface area contributed by atoms with E-state index in [1.54, 1.807) is 7.11 Å². The van der Waals surface area contributed by atoms with E-state index in [4.69, 9.17) is 9.47 Å². The predicted octanol–water partition coefficient (Wildman–Crippen LogP) is 3.00. The number of carbonyl (C=O) groups is 1. The van der Waals surface area contributed by atoms with Crippen LogP contribution in [0.2, 0.25) is 0 Å². The fourth-order valence-electron chi connectivity index (χ4n) is 1.45. The molecule has 0 amide bonds. The smallest absolute Gasteiger partial charge is 0.321 e. The molecule has 0 N–H and O–H groups in total. The second kappa shape index (κ2) is 6.27. The van der Waals surface area contributed by atoms with Gasteiger partial charge in [0.05, 0.1) is 19.1 Å². The first-order chi connectivity index (χ1) is 8.31. The van der Waals surface area contributed by atoms with Gasteiger partial charge in [-0.15, -0.1) is 21.0 Å². The fourth-order valence-corrected chi connectivity index (χ4v) is 4.07. The van der Waals surface area contributed by atoms with Gasteiger partial charge in [0, 0.05) is 9.78 Å². The second-order valence-electron chi connectivity index (χ2n) is 4.13. The number of benzene rings is 1. The summed E-state index contributed by atoms with van der Waals surface area (Å²) in [6.45, 7) is 3.65. The first-order valence-corrected chi connectivity index (χ1v) is 7.41. The number of carbonyl (C=O) groups excluding carboxylic acids is 1. The lowest BCUT2D eigenvalue weighted by Gasteiger charge is -2.22. The van der Waals surface area contributed by atoms with Gasteiger partial charge in [0.2, 0.25) is 0 Å². The van der Waals surface area contributed by atoms with Gasteiger partial charge in [0.15, 0.2) is 0 Å². The molecular formula is C12H16BrO3PS. The number of thioether (sulfide) groups is 1. The normalized spacial score (nSPS) is 11.2. The lowest BCUT2D eigenvalue weighted by molar-refractivity contribution is -0.142. The van der Waals surface area contributed by atoms with Gasteiger partial charge in [0.1, 0.15) is 10.5 Å². The first kappa shape index (κ1) is 15.8. The number of hydrogen-bond acceptors (Lipinski definition) is 4. The Bertz CT molecular complexity index is 463. The van der Waals surface area contributed by atoms with Crippen molar-refractivity contribution in [2.75, 3.05) is 14.2 Å². The number of esters is 1. The van der Waals surface area contributed by atoms with E-state index >= 15 is 0 Å². The molecule has 0 aromatic heterocycles. The molecule has 1 unspecified atom stereocenters. The molecule has 3 nitrogen and oxygen atoms in total. The highest BCUT2D eigenvalue weighted by Gasteiger charge is 2.31. The molecule has 0 aliphatic rings. The molecule has 0 heterocycles. The molecule has 18 heavy (non-hydrogen) atoms. The van der Waals surface area contributed by atoms with Crippen LogP contribution >= 0.6 is 36.9 Å². The zero-order valence-electron chi connectivity index (χ0n) is 10.7. The zero-order valence-corrected chi connectivity index (χ0v) is 14.3. The Morgan fingerprint density at radius 3 is 2.50 bits per heavy atom. The summed E-state index contributed by atoms with van der Waals surface area (Å²) in [7, 11) is 5.63. The van der Waals surface area contributed by atoms with Gasteiger partial charge >= 0.3 is 5.97 Å². The lowest BCUT2D eigenvalue weighted by Crippen LogP contribution is -2.29. The minimum atomic E-state index is -0.667. The summed E-state index contributed by atoms with van der Waals surface area (Å²) in [5.74, 6) is 0.491. The number of methoxy groups -OCH3 is 2. The molecule has 6 heteroatoms. The maximum absolute atomic E-state index is 11.7. The van der Waals surface area contributed by atoms with Crippen LogP contribution in [0, 0.1) is 0 Å². The van der Waals surface area contributed by atoms with Crippen LogP contribution in [-0.4, -0.2) is 24.9 Å². The molecule has 1 aromatic carbocycles. The molecule has 0 spiro atoms. The molecule has 0 bridgehead atoms. The molecule has 0 aliphatic carbocycles. The van der Waals surface area contributed by atoms with Crippen molar-refractivity contribution in [3.05, 3.63) is 16.6 Å². The molecular weight excluding hydrogens is 335 g/mol. The summed E-state index contributed by atoms with van der Waals surface area (Å²) >= 11 is 4.85. The summed E-state index contributed by atoms with van der Waals surface area (Å²) in [4.78, 5) is 12.6. The van der Waals surface area contributed by atoms with E-state index in [9.17, 15) is 4.79 Å². The topological polar surface area (TPSA) is 35.5 Å². The van der Waals surface area contributed by atoms with Crippen molar-refractivity contribution in [3.8, 4) is 5.75 Å². The van der Waals surface area contributed by atoms with Crippen molar-refractivity contribution >= 4 is 48.2 Å². The van der Waals surface area contributed by atoms with E-state index in [-0.39, 0.29) is 5.97 Å². The molecule has 1 rings (SSSR count). The molecule has 0 aliphatic heterocycles. The monoisotopic (exact) mass is 350 g/mol. The summed E-state index contributed by atoms with van der Waals surface area (Å²) in [6.07, 6.45) is 0. The van der Waals surface area contributed by atoms with Gasteiger partial charge in [-0.1, -0.05) is 15.9 Å². The molecule has 1 aromatic rings. The molecule has 100 valence electrons. The average molecular weight is 351 g/mol. The van der Waals surface area contributed by atoms with Crippen molar-refractivity contribution in [1.82, 2.24) is 0 Å². The van der Waals surface area contributed by atoms with Crippen molar-refractivity contribution in [3.63, 3.8) is 0 Å². The van der Waals surface area contributed by atoms with Gasteiger partial charge in [-0.05, 0) is 26.0 Å². The van der Waals surface area contributed by atoms with E-state index in [0.29, 0.717) is 0 Å². The number of halogens is 1. The molecule has 0 saturated carbocycles. The number of rotatable bonds is 4. The van der Waals surface area contributed by atoms with Crippen LogP contribution in [0.15, 0.2) is 21.5 Å². The maximum atomic E-state index is 11.7. The Balaban J connectivity index is 3.14. The van der Waals surface area contributed by atoms with Gasteiger partial charge < -0.3 is 9.47 Å². The van der Waals surface area contributed by atoms with E-state index in [1.165, 1.54) is 18.9 Å². The SMILES string of the molecule is COC(=O)C(C)(C)Sc1cc(Br)cc(P)c1OC. The summed E-state index contributed by atoms with van der Waals surface area (Å²) < 4.78 is 10.5. The Kier molecular flexibility index (Phi) is 5.50. The van der Waals surface area contributed by atoms with Crippen molar-refractivity contribution in [1.29, 1.82) is 0 Å². The zero-order chi connectivity index (χ0) is 13.9. The summed E-state index contributed by atoms with van der Waals surface area (Å²) in [6, 6.07) is 3.88. The highest BCUT2D eigenvalue weighted by atomic mass is 79.9. The van der Waals surface area contributed by atoms with Crippen molar-refractivity contribution in [2.24, 2.45) is 0 Å². The van der Waals surface area contributed by atoms with Crippen LogP contribution in [0.3, 0.4) is 0 Å². The van der Waals surface area contributed by atoms with E-state index < -0.39 is 4.75 Å². The fraction of sp³-hybridized carbons (Fsp3) is 0.417. The third-order valence-corrected chi connectivity index (χ3v) is 4.38. The number of ether oxygens (including phenoxy) is 2. The Morgan fingerprint density at radius 1 is 1.39 bits per heavy atom. The molecule has 1 atom stereocenters. The van der Waals surface area contributed by atoms with Crippen molar-refractivity contribution in [2.45, 2.75) is 23.5 Å². The first-order valence-electron chi connectivity index (χ1n) is 5.22. The van der Waals surface area contributed by atoms with Crippen LogP contribution in [0.5, 0.6) is 5.75 Å². The molecule has 0 radical (unpaired) electrons. The van der Waals surface area contributed by atoms with Gasteiger partial charge in [-0.2, -0.15) is 0 Å². The Hall–Kier alpha value is -0.250. The van der Waals surface area contributed by atoms with Gasteiger partial charge in [0.25, 0.3) is 0 Å². The van der Waals surface area contributed by atoms with E-state index in [0.717, 1.165) is 20.4 Å². The Labute approximate surface area is 122 Å². The standard InChI is InChI=1S/C12H16BrO3PS/c1-12(2,11(14)16-4)18-9-6-7(13)5-8(17)10(9)15-3/h5-6H,17H2,1-4H3. The quantitative estimate of drug-likeness (QED) is 0.475. The molecule has 0 saturated heterocycles. The van der Waals surface area contributed by atoms with E-state index in [2.05, 4.69) is 25.2 Å². The van der Waals surface area contributed by atoms with Crippen LogP contribution < -0.4 is 10.0 Å². The minimum Gasteiger partial charge on any atom is -0.495 e. The van der Waals surface area contributed by atoms with Crippen LogP contribution in [-0.2, 0) is 9.53 Å². The van der Waals surface area contributed by atoms with E-state index in [1.807, 2.05) is 26.0 Å². The van der Waals surface area contributed by atoms with Crippen molar-refractivity contribution < 1.29 is 14.3 Å². The lowest BCUT2D eigenvalue weighted by atomic mass is 10.2. The van der Waals surface area contributed by atoms with Gasteiger partial charge in [-0.25, -0.2) is 0 Å². The van der Waals surface area contributed by atoms with Gasteiger partial charge in [-0.3, -0.25) is 4.79 Å². The minimum absolute atomic E-state index is 0.264. The van der Waals surface area contributed by atoms with Crippen LogP contribution in [0.4, 0.5) is 0 Å². The van der Waals surface area contributed by atoms with Crippen LogP contribution in [0.1, 0.15) is 13.8 Å². The highest BCUT2D eigenvalue weighted by Crippen LogP contribution is 2.40. The highest BCUT2D eigenvalue weighted by molar-refractivity contribution is 9.10. The van der Waals surface area contributed by atoms with Crippen LogP contribution in [0.25, 0.3) is 0 Å². The average Bonchev–Trinajstić information content (AvgIpc) is 2.26. The summed E-state index contributed by atoms with van der Waals surface area (Å²) in [5, 5.41) is 0.940. The summed E-state index contributed by atoms with van der Waals surface area (Å²) in [5.41, 5.74) is 0. The number of hydrogen-bond donors (Lipinski definition) is 0. The second-order valence-corrected chi connectivity index (χ2v) is 7.33.